The summed E-state index contributed by atoms with van der Waals surface area (Å²) in [6, 6.07) is 11.7. The summed E-state index contributed by atoms with van der Waals surface area (Å²) in [5.41, 5.74) is 1.07. The molecule has 0 aliphatic heterocycles. The van der Waals surface area contributed by atoms with Crippen LogP contribution in [0.4, 0.5) is 0 Å². The van der Waals surface area contributed by atoms with Crippen molar-refractivity contribution in [1.29, 1.82) is 0 Å². The molecule has 0 saturated carbocycles. The van der Waals surface area contributed by atoms with Crippen LogP contribution in [0.1, 0.15) is 28.3 Å². The first kappa shape index (κ1) is 12.6. The molecular weight excluding hydrogens is 252 g/mol. The fourth-order valence-corrected chi connectivity index (χ4v) is 2.90. The van der Waals surface area contributed by atoms with Crippen molar-refractivity contribution < 1.29 is 5.11 Å². The average molecular weight is 267 g/mol. The Hall–Kier alpha value is -0.830. The molecule has 1 heterocycles. The highest BCUT2D eigenvalue weighted by molar-refractivity contribution is 7.12. The highest BCUT2D eigenvalue weighted by atomic mass is 35.5. The molecule has 17 heavy (non-hydrogen) atoms. The largest absolute Gasteiger partial charge is 0.387 e. The number of benzene rings is 1. The average Bonchev–Trinajstić information content (AvgIpc) is 2.77. The predicted molar refractivity (Wildman–Crippen MR) is 73.8 cm³/mol. The second-order valence-electron chi connectivity index (χ2n) is 4.01. The van der Waals surface area contributed by atoms with E-state index < -0.39 is 6.10 Å². The van der Waals surface area contributed by atoms with E-state index in [9.17, 15) is 5.11 Å². The summed E-state index contributed by atoms with van der Waals surface area (Å²) >= 11 is 7.60. The molecule has 1 aromatic carbocycles. The topological polar surface area (TPSA) is 20.2 Å². The van der Waals surface area contributed by atoms with Crippen molar-refractivity contribution in [3.63, 3.8) is 0 Å². The highest BCUT2D eigenvalue weighted by Crippen LogP contribution is 2.26. The number of aryl methyl sites for hydroxylation is 1. The number of thiophene rings is 1. The van der Waals surface area contributed by atoms with E-state index in [1.165, 1.54) is 4.88 Å². The Balaban J connectivity index is 2.08. The Bertz CT molecular complexity index is 492. The van der Waals surface area contributed by atoms with Gasteiger partial charge in [0.1, 0.15) is 0 Å². The van der Waals surface area contributed by atoms with E-state index in [0.717, 1.165) is 21.9 Å². The molecule has 0 bridgehead atoms. The van der Waals surface area contributed by atoms with Crippen molar-refractivity contribution in [3.8, 4) is 0 Å². The lowest BCUT2D eigenvalue weighted by Crippen LogP contribution is -1.99. The van der Waals surface area contributed by atoms with E-state index in [-0.39, 0.29) is 0 Å². The first-order valence-corrected chi connectivity index (χ1v) is 6.89. The molecule has 3 heteroatoms. The third kappa shape index (κ3) is 3.32. The molecule has 90 valence electrons. The summed E-state index contributed by atoms with van der Waals surface area (Å²) < 4.78 is 0. The van der Waals surface area contributed by atoms with E-state index in [1.807, 2.05) is 30.3 Å². The maximum atomic E-state index is 10.1. The molecule has 1 unspecified atom stereocenters. The summed E-state index contributed by atoms with van der Waals surface area (Å²) in [5.74, 6) is 0. The third-order valence-electron chi connectivity index (χ3n) is 2.68. The van der Waals surface area contributed by atoms with Gasteiger partial charge in [-0.1, -0.05) is 30.7 Å². The van der Waals surface area contributed by atoms with Crippen molar-refractivity contribution in [2.24, 2.45) is 0 Å². The van der Waals surface area contributed by atoms with Crippen molar-refractivity contribution in [1.82, 2.24) is 0 Å². The van der Waals surface area contributed by atoms with Crippen molar-refractivity contribution in [2.45, 2.75) is 25.9 Å². The molecule has 0 radical (unpaired) electrons. The summed E-state index contributed by atoms with van der Waals surface area (Å²) in [5, 5.41) is 10.9. The Morgan fingerprint density at radius 3 is 2.76 bits per heavy atom. The highest BCUT2D eigenvalue weighted by Gasteiger charge is 2.11. The molecule has 1 nitrogen and oxygen atoms in total. The standard InChI is InChI=1S/C14H15ClOS/c1-2-12-6-7-14(17-12)13(16)9-10-4-3-5-11(15)8-10/h3-8,13,16H,2,9H2,1H3. The van der Waals surface area contributed by atoms with Gasteiger partial charge in [-0.25, -0.2) is 0 Å². The van der Waals surface area contributed by atoms with Crippen LogP contribution in [0.3, 0.4) is 0 Å². The number of aliphatic hydroxyl groups is 1. The number of aliphatic hydroxyl groups excluding tert-OH is 1. The molecule has 0 saturated heterocycles. The van der Waals surface area contributed by atoms with Gasteiger partial charge < -0.3 is 5.11 Å². The third-order valence-corrected chi connectivity index (χ3v) is 4.24. The Kier molecular flexibility index (Phi) is 4.21. The minimum absolute atomic E-state index is 0.432. The summed E-state index contributed by atoms with van der Waals surface area (Å²) in [6.45, 7) is 2.12. The van der Waals surface area contributed by atoms with Gasteiger partial charge in [0.25, 0.3) is 0 Å². The zero-order chi connectivity index (χ0) is 12.3. The number of rotatable bonds is 4. The quantitative estimate of drug-likeness (QED) is 0.878. The molecule has 1 atom stereocenters. The van der Waals surface area contributed by atoms with Gasteiger partial charge in [0.15, 0.2) is 0 Å². The minimum Gasteiger partial charge on any atom is -0.387 e. The second kappa shape index (κ2) is 5.67. The van der Waals surface area contributed by atoms with Gasteiger partial charge >= 0.3 is 0 Å². The van der Waals surface area contributed by atoms with E-state index in [0.29, 0.717) is 6.42 Å². The summed E-state index contributed by atoms with van der Waals surface area (Å²) in [7, 11) is 0. The van der Waals surface area contributed by atoms with E-state index in [4.69, 9.17) is 11.6 Å². The monoisotopic (exact) mass is 266 g/mol. The molecule has 0 spiro atoms. The molecule has 0 amide bonds. The smallest absolute Gasteiger partial charge is 0.0922 e. The van der Waals surface area contributed by atoms with Gasteiger partial charge in [-0.3, -0.25) is 0 Å². The zero-order valence-corrected chi connectivity index (χ0v) is 11.3. The van der Waals surface area contributed by atoms with Crippen LogP contribution in [0.15, 0.2) is 36.4 Å². The number of hydrogen-bond acceptors (Lipinski definition) is 2. The Morgan fingerprint density at radius 2 is 2.12 bits per heavy atom. The summed E-state index contributed by atoms with van der Waals surface area (Å²) in [4.78, 5) is 2.34. The molecule has 0 fully saturated rings. The van der Waals surface area contributed by atoms with Gasteiger partial charge in [0.05, 0.1) is 6.10 Å². The lowest BCUT2D eigenvalue weighted by Gasteiger charge is -2.08. The lowest BCUT2D eigenvalue weighted by atomic mass is 10.1. The van der Waals surface area contributed by atoms with E-state index in [1.54, 1.807) is 11.3 Å². The normalized spacial score (nSPS) is 12.6. The van der Waals surface area contributed by atoms with Crippen LogP contribution >= 0.6 is 22.9 Å². The van der Waals surface area contributed by atoms with Crippen LogP contribution in [0.5, 0.6) is 0 Å². The molecule has 0 aliphatic rings. The fraction of sp³-hybridized carbons (Fsp3) is 0.286. The van der Waals surface area contributed by atoms with Crippen LogP contribution in [-0.2, 0) is 12.8 Å². The number of hydrogen-bond donors (Lipinski definition) is 1. The first-order valence-electron chi connectivity index (χ1n) is 5.70. The molecule has 0 aliphatic carbocycles. The Morgan fingerprint density at radius 1 is 1.29 bits per heavy atom. The van der Waals surface area contributed by atoms with Crippen molar-refractivity contribution >= 4 is 22.9 Å². The van der Waals surface area contributed by atoms with Crippen LogP contribution in [0.25, 0.3) is 0 Å². The van der Waals surface area contributed by atoms with Gasteiger partial charge in [-0.2, -0.15) is 0 Å². The first-order chi connectivity index (χ1) is 8.19. The lowest BCUT2D eigenvalue weighted by molar-refractivity contribution is 0.182. The van der Waals surface area contributed by atoms with Crippen molar-refractivity contribution in [3.05, 3.63) is 56.7 Å². The maximum absolute atomic E-state index is 10.1. The zero-order valence-electron chi connectivity index (χ0n) is 9.69. The maximum Gasteiger partial charge on any atom is 0.0922 e. The van der Waals surface area contributed by atoms with Crippen LogP contribution in [0, 0.1) is 0 Å². The van der Waals surface area contributed by atoms with Gasteiger partial charge in [0, 0.05) is 21.2 Å². The van der Waals surface area contributed by atoms with Crippen LogP contribution in [-0.4, -0.2) is 5.11 Å². The second-order valence-corrected chi connectivity index (χ2v) is 5.64. The SMILES string of the molecule is CCc1ccc(C(O)Cc2cccc(Cl)c2)s1. The minimum atomic E-state index is -0.432. The number of halogens is 1. The van der Waals surface area contributed by atoms with Crippen LogP contribution in [0.2, 0.25) is 5.02 Å². The molecular formula is C14H15ClOS. The summed E-state index contributed by atoms with van der Waals surface area (Å²) in [6.07, 6.45) is 1.21. The van der Waals surface area contributed by atoms with E-state index >= 15 is 0 Å². The van der Waals surface area contributed by atoms with Crippen molar-refractivity contribution in [2.75, 3.05) is 0 Å². The van der Waals surface area contributed by atoms with Crippen LogP contribution < -0.4 is 0 Å². The van der Waals surface area contributed by atoms with Gasteiger partial charge in [-0.05, 0) is 36.2 Å². The molecule has 1 N–H and O–H groups in total. The molecule has 2 rings (SSSR count). The molecule has 2 aromatic rings. The predicted octanol–water partition coefficient (Wildman–Crippen LogP) is 4.24. The molecule has 1 aromatic heterocycles. The fourth-order valence-electron chi connectivity index (χ4n) is 1.75. The van der Waals surface area contributed by atoms with Gasteiger partial charge in [-0.15, -0.1) is 11.3 Å². The van der Waals surface area contributed by atoms with Gasteiger partial charge in [0.2, 0.25) is 0 Å². The Labute approximate surface area is 111 Å². The van der Waals surface area contributed by atoms with E-state index in [2.05, 4.69) is 13.0 Å².